The molecule has 0 saturated heterocycles. The maximum absolute atomic E-state index is 11.3. The molecule has 2 amide bonds. The van der Waals surface area contributed by atoms with Crippen LogP contribution in [0.3, 0.4) is 0 Å². The molecule has 1 atom stereocenters. The number of rotatable bonds is 4. The van der Waals surface area contributed by atoms with Crippen molar-refractivity contribution in [2.24, 2.45) is 5.41 Å². The normalized spacial score (nSPS) is 13.1. The molecule has 5 nitrogen and oxygen atoms in total. The van der Waals surface area contributed by atoms with Crippen molar-refractivity contribution in [2.75, 3.05) is 6.54 Å². The zero-order valence-electron chi connectivity index (χ0n) is 9.76. The van der Waals surface area contributed by atoms with Crippen molar-refractivity contribution in [3.8, 4) is 0 Å². The lowest BCUT2D eigenvalue weighted by Gasteiger charge is -2.20. The van der Waals surface area contributed by atoms with Crippen LogP contribution in [0.15, 0.2) is 0 Å². The molecular formula is C10H20N2O3. The summed E-state index contributed by atoms with van der Waals surface area (Å²) >= 11 is 0. The molecule has 5 heteroatoms. The molecule has 0 aliphatic rings. The second-order valence-electron chi connectivity index (χ2n) is 4.69. The molecule has 3 N–H and O–H groups in total. The van der Waals surface area contributed by atoms with Crippen LogP contribution in [-0.2, 0) is 4.79 Å². The quantitative estimate of drug-likeness (QED) is 0.660. The number of carbonyl (C=O) groups excluding carboxylic acids is 1. The molecule has 0 aromatic heterocycles. The summed E-state index contributed by atoms with van der Waals surface area (Å²) in [4.78, 5) is 21.9. The predicted octanol–water partition coefficient (Wildman–Crippen LogP) is 1.19. The van der Waals surface area contributed by atoms with Gasteiger partial charge in [-0.15, -0.1) is 0 Å². The molecule has 0 aromatic carbocycles. The lowest BCUT2D eigenvalue weighted by molar-refractivity contribution is -0.139. The van der Waals surface area contributed by atoms with E-state index in [1.165, 1.54) is 0 Å². The minimum absolute atomic E-state index is 0.0116. The van der Waals surface area contributed by atoms with E-state index in [-0.39, 0.29) is 5.41 Å². The molecule has 0 rings (SSSR count). The van der Waals surface area contributed by atoms with Gasteiger partial charge >= 0.3 is 12.0 Å². The van der Waals surface area contributed by atoms with Crippen LogP contribution in [0.4, 0.5) is 4.79 Å². The third-order valence-electron chi connectivity index (χ3n) is 1.79. The highest BCUT2D eigenvalue weighted by Crippen LogP contribution is 2.09. The highest BCUT2D eigenvalue weighted by molar-refractivity contribution is 5.82. The van der Waals surface area contributed by atoms with Crippen LogP contribution < -0.4 is 10.6 Å². The Kier molecular flexibility index (Phi) is 5.11. The number of carboxylic acid groups (broad SMARTS) is 1. The first kappa shape index (κ1) is 13.7. The number of urea groups is 1. The highest BCUT2D eigenvalue weighted by atomic mass is 16.4. The summed E-state index contributed by atoms with van der Waals surface area (Å²) in [6, 6.07) is -1.25. The second kappa shape index (κ2) is 5.58. The summed E-state index contributed by atoms with van der Waals surface area (Å²) in [5.41, 5.74) is -0.0116. The Bertz CT molecular complexity index is 233. The fourth-order valence-electron chi connectivity index (χ4n) is 0.893. The van der Waals surface area contributed by atoms with Gasteiger partial charge in [0, 0.05) is 6.54 Å². The van der Waals surface area contributed by atoms with Crippen molar-refractivity contribution in [1.82, 2.24) is 10.6 Å². The minimum Gasteiger partial charge on any atom is -0.480 e. The van der Waals surface area contributed by atoms with Crippen LogP contribution in [-0.4, -0.2) is 29.7 Å². The molecule has 0 bridgehead atoms. The second-order valence-corrected chi connectivity index (χ2v) is 4.69. The van der Waals surface area contributed by atoms with E-state index < -0.39 is 18.0 Å². The zero-order chi connectivity index (χ0) is 12.1. The summed E-state index contributed by atoms with van der Waals surface area (Å²) in [6.07, 6.45) is 0.373. The van der Waals surface area contributed by atoms with E-state index in [1.807, 2.05) is 20.8 Å². The summed E-state index contributed by atoms with van der Waals surface area (Å²) in [7, 11) is 0. The molecule has 0 aliphatic heterocycles. The summed E-state index contributed by atoms with van der Waals surface area (Å²) in [5, 5.41) is 13.7. The molecule has 0 spiro atoms. The van der Waals surface area contributed by atoms with Crippen LogP contribution in [0.25, 0.3) is 0 Å². The van der Waals surface area contributed by atoms with Gasteiger partial charge in [0.15, 0.2) is 0 Å². The van der Waals surface area contributed by atoms with E-state index in [0.29, 0.717) is 13.0 Å². The van der Waals surface area contributed by atoms with Gasteiger partial charge in [0.05, 0.1) is 0 Å². The maximum atomic E-state index is 11.3. The van der Waals surface area contributed by atoms with Gasteiger partial charge in [-0.1, -0.05) is 27.7 Å². The van der Waals surface area contributed by atoms with E-state index in [4.69, 9.17) is 5.11 Å². The topological polar surface area (TPSA) is 78.4 Å². The minimum atomic E-state index is -1.01. The van der Waals surface area contributed by atoms with Crippen molar-refractivity contribution in [3.63, 3.8) is 0 Å². The first-order valence-corrected chi connectivity index (χ1v) is 5.03. The van der Waals surface area contributed by atoms with Gasteiger partial charge in [0.2, 0.25) is 0 Å². The Morgan fingerprint density at radius 1 is 1.33 bits per heavy atom. The molecule has 0 aliphatic carbocycles. The lowest BCUT2D eigenvalue weighted by atomic mass is 9.97. The average Bonchev–Trinajstić information content (AvgIpc) is 2.09. The summed E-state index contributed by atoms with van der Waals surface area (Å²) < 4.78 is 0. The standard InChI is InChI=1S/C10H20N2O3/c1-5-7(8(13)14)12-9(15)11-6-10(2,3)4/h7H,5-6H2,1-4H3,(H,13,14)(H2,11,12,15)/t7-/m1/s1. The van der Waals surface area contributed by atoms with E-state index in [9.17, 15) is 9.59 Å². The van der Waals surface area contributed by atoms with Crippen LogP contribution in [0.2, 0.25) is 0 Å². The van der Waals surface area contributed by atoms with Crippen LogP contribution in [0, 0.1) is 5.41 Å². The van der Waals surface area contributed by atoms with Crippen LogP contribution >= 0.6 is 0 Å². The highest BCUT2D eigenvalue weighted by Gasteiger charge is 2.18. The molecule has 15 heavy (non-hydrogen) atoms. The summed E-state index contributed by atoms with van der Waals surface area (Å²) in [6.45, 7) is 8.18. The smallest absolute Gasteiger partial charge is 0.326 e. The number of aliphatic carboxylic acids is 1. The van der Waals surface area contributed by atoms with Gasteiger partial charge in [0.1, 0.15) is 6.04 Å². The number of nitrogens with one attached hydrogen (secondary N) is 2. The summed E-state index contributed by atoms with van der Waals surface area (Å²) in [5.74, 6) is -1.01. The van der Waals surface area contributed by atoms with Crippen molar-refractivity contribution in [1.29, 1.82) is 0 Å². The Labute approximate surface area is 90.2 Å². The van der Waals surface area contributed by atoms with E-state index in [2.05, 4.69) is 10.6 Å². The number of carbonyl (C=O) groups is 2. The Morgan fingerprint density at radius 3 is 2.20 bits per heavy atom. The fraction of sp³-hybridized carbons (Fsp3) is 0.800. The largest absolute Gasteiger partial charge is 0.480 e. The van der Waals surface area contributed by atoms with Crippen LogP contribution in [0.1, 0.15) is 34.1 Å². The van der Waals surface area contributed by atoms with E-state index >= 15 is 0 Å². The molecule has 0 heterocycles. The van der Waals surface area contributed by atoms with E-state index in [1.54, 1.807) is 6.92 Å². The molecule has 0 radical (unpaired) electrons. The van der Waals surface area contributed by atoms with Crippen molar-refractivity contribution < 1.29 is 14.7 Å². The molecule has 0 fully saturated rings. The molecular weight excluding hydrogens is 196 g/mol. The van der Waals surface area contributed by atoms with Gasteiger partial charge in [-0.25, -0.2) is 9.59 Å². The van der Waals surface area contributed by atoms with Crippen molar-refractivity contribution in [3.05, 3.63) is 0 Å². The van der Waals surface area contributed by atoms with Crippen molar-refractivity contribution in [2.45, 2.75) is 40.2 Å². The maximum Gasteiger partial charge on any atom is 0.326 e. The third kappa shape index (κ3) is 6.76. The van der Waals surface area contributed by atoms with Crippen molar-refractivity contribution >= 4 is 12.0 Å². The first-order valence-electron chi connectivity index (χ1n) is 5.03. The van der Waals surface area contributed by atoms with E-state index in [0.717, 1.165) is 0 Å². The number of amides is 2. The molecule has 0 saturated carbocycles. The predicted molar refractivity (Wildman–Crippen MR) is 57.7 cm³/mol. The zero-order valence-corrected chi connectivity index (χ0v) is 9.76. The van der Waals surface area contributed by atoms with Gasteiger partial charge in [-0.2, -0.15) is 0 Å². The fourth-order valence-corrected chi connectivity index (χ4v) is 0.893. The Balaban J connectivity index is 3.98. The van der Waals surface area contributed by atoms with Gasteiger partial charge in [0.25, 0.3) is 0 Å². The third-order valence-corrected chi connectivity index (χ3v) is 1.79. The van der Waals surface area contributed by atoms with Gasteiger partial charge < -0.3 is 15.7 Å². The molecule has 0 unspecified atom stereocenters. The lowest BCUT2D eigenvalue weighted by Crippen LogP contribution is -2.47. The monoisotopic (exact) mass is 216 g/mol. The number of carboxylic acids is 1. The SMILES string of the molecule is CC[C@@H](NC(=O)NCC(C)(C)C)C(=O)O. The Morgan fingerprint density at radius 2 is 1.87 bits per heavy atom. The molecule has 0 aromatic rings. The Hall–Kier alpha value is -1.26. The van der Waals surface area contributed by atoms with Crippen LogP contribution in [0.5, 0.6) is 0 Å². The van der Waals surface area contributed by atoms with Gasteiger partial charge in [-0.05, 0) is 11.8 Å². The number of hydrogen-bond acceptors (Lipinski definition) is 2. The average molecular weight is 216 g/mol. The van der Waals surface area contributed by atoms with Gasteiger partial charge in [-0.3, -0.25) is 0 Å². The number of hydrogen-bond donors (Lipinski definition) is 3. The first-order chi connectivity index (χ1) is 6.76. The molecule has 88 valence electrons.